The van der Waals surface area contributed by atoms with Gasteiger partial charge in [-0.2, -0.15) is 42.0 Å². The number of carbonyl (C=O) groups is 1. The van der Waals surface area contributed by atoms with Crippen molar-refractivity contribution < 1.29 is 27.0 Å². The molecule has 0 heterocycles. The fourth-order valence-electron chi connectivity index (χ4n) is 0.831. The topological polar surface area (TPSA) is 40.1 Å². The molecule has 0 aromatic heterocycles. The molecule has 14 heavy (non-hydrogen) atoms. The van der Waals surface area contributed by atoms with Gasteiger partial charge in [-0.1, -0.05) is 0 Å². The Labute approximate surface area is 93.4 Å². The molecule has 0 fully saturated rings. The van der Waals surface area contributed by atoms with Crippen molar-refractivity contribution in [1.29, 1.82) is 0 Å². The van der Waals surface area contributed by atoms with Crippen LogP contribution in [0.5, 0.6) is 0 Å². The fraction of sp³-hybridized carbons (Fsp3) is 0. The van der Waals surface area contributed by atoms with Crippen LogP contribution in [0, 0.1) is 0 Å². The molecule has 0 aliphatic carbocycles. The van der Waals surface area contributed by atoms with E-state index in [0.29, 0.717) is 0 Å². The molecule has 0 atom stereocenters. The van der Waals surface area contributed by atoms with Gasteiger partial charge in [0.1, 0.15) is 0 Å². The second kappa shape index (κ2) is 7.13. The summed E-state index contributed by atoms with van der Waals surface area (Å²) in [5.41, 5.74) is 0.241. The first-order valence-corrected chi connectivity index (χ1v) is 3.90. The van der Waals surface area contributed by atoms with Crippen molar-refractivity contribution in [3.05, 3.63) is 60.2 Å². The third-order valence-electron chi connectivity index (χ3n) is 1.45. The molecule has 0 saturated carbocycles. The molecule has 3 heteroatoms. The van der Waals surface area contributed by atoms with Gasteiger partial charge in [0.25, 0.3) is 0 Å². The molecule has 74 valence electrons. The summed E-state index contributed by atoms with van der Waals surface area (Å²) in [5.74, 6) is -1.12. The van der Waals surface area contributed by atoms with Crippen LogP contribution in [-0.4, -0.2) is 5.97 Å². The smallest absolute Gasteiger partial charge is 0.560 e. The number of hydrogen-bond donors (Lipinski definition) is 0. The molecule has 0 aliphatic rings. The Morgan fingerprint density at radius 1 is 1.14 bits per heavy atom. The third kappa shape index (κ3) is 4.65. The molecule has 2 rings (SSSR count). The minimum absolute atomic E-state index is 0. The van der Waals surface area contributed by atoms with Gasteiger partial charge in [0, 0.05) is 5.97 Å². The van der Waals surface area contributed by atoms with Crippen LogP contribution < -0.4 is 5.11 Å². The van der Waals surface area contributed by atoms with Crippen LogP contribution >= 0.6 is 0 Å². The van der Waals surface area contributed by atoms with Gasteiger partial charge in [-0.25, -0.2) is 18.2 Å². The number of aromatic carboxylic acids is 1. The summed E-state index contributed by atoms with van der Waals surface area (Å²) >= 11 is 0. The fourth-order valence-corrected chi connectivity index (χ4v) is 0.831. The maximum absolute atomic E-state index is 9.95. The van der Waals surface area contributed by atoms with Crippen molar-refractivity contribution in [2.24, 2.45) is 0 Å². The molecule has 0 spiro atoms. The van der Waals surface area contributed by atoms with Gasteiger partial charge in [-0.15, -0.1) is 0 Å². The second-order valence-corrected chi connectivity index (χ2v) is 2.42. The van der Waals surface area contributed by atoms with Gasteiger partial charge in [0.05, 0.1) is 0 Å². The van der Waals surface area contributed by atoms with Gasteiger partial charge in [0.2, 0.25) is 0 Å². The van der Waals surface area contributed by atoms with E-state index in [9.17, 15) is 9.90 Å². The summed E-state index contributed by atoms with van der Waals surface area (Å²) in [4.78, 5) is 9.95. The molecule has 0 amide bonds. The SMILES string of the molecule is O=C([O-])c1cc[cH-]c1.[Fe+2].c1cc[cH-]c1. The van der Waals surface area contributed by atoms with Crippen LogP contribution in [0.2, 0.25) is 0 Å². The zero-order valence-corrected chi connectivity index (χ0v) is 8.47. The summed E-state index contributed by atoms with van der Waals surface area (Å²) in [6.45, 7) is 0. The molecule has 2 nitrogen and oxygen atoms in total. The summed E-state index contributed by atoms with van der Waals surface area (Å²) < 4.78 is 0. The molecular formula is C11H9FeO2-. The van der Waals surface area contributed by atoms with E-state index in [1.807, 2.05) is 30.3 Å². The molecule has 2 aromatic carbocycles. The van der Waals surface area contributed by atoms with E-state index in [2.05, 4.69) is 0 Å². The van der Waals surface area contributed by atoms with E-state index in [1.54, 1.807) is 12.1 Å². The third-order valence-corrected chi connectivity index (χ3v) is 1.45. The minimum Gasteiger partial charge on any atom is -0.560 e. The molecule has 0 bridgehead atoms. The van der Waals surface area contributed by atoms with Gasteiger partial charge in [-0.05, 0) is 0 Å². The predicted molar refractivity (Wildman–Crippen MR) is 48.4 cm³/mol. The van der Waals surface area contributed by atoms with Crippen LogP contribution in [0.15, 0.2) is 54.6 Å². The standard InChI is InChI=1S/C6H5O2.C5H5.Fe/c7-6(8)5-3-1-2-4-5;1-2-4-5-3-1;/h1-4H,(H,7,8);1-5H;/q2*-1;+2/p-1. The van der Waals surface area contributed by atoms with E-state index in [1.165, 1.54) is 12.1 Å². The largest absolute Gasteiger partial charge is 2.00 e. The van der Waals surface area contributed by atoms with Gasteiger partial charge >= 0.3 is 17.1 Å². The number of carboxylic acids is 1. The van der Waals surface area contributed by atoms with Crippen LogP contribution in [0.3, 0.4) is 0 Å². The maximum atomic E-state index is 9.95. The Balaban J connectivity index is 0.000000246. The maximum Gasteiger partial charge on any atom is 2.00 e. The van der Waals surface area contributed by atoms with Crippen molar-refractivity contribution in [3.63, 3.8) is 0 Å². The summed E-state index contributed by atoms with van der Waals surface area (Å²) in [7, 11) is 0. The Bertz CT molecular complexity index is 305. The summed E-state index contributed by atoms with van der Waals surface area (Å²) in [5, 5.41) is 9.95. The van der Waals surface area contributed by atoms with Crippen molar-refractivity contribution in [2.45, 2.75) is 0 Å². The van der Waals surface area contributed by atoms with E-state index < -0.39 is 5.97 Å². The van der Waals surface area contributed by atoms with Crippen LogP contribution in [0.4, 0.5) is 0 Å². The Hall–Kier alpha value is -1.31. The first kappa shape index (κ1) is 12.7. The van der Waals surface area contributed by atoms with E-state index >= 15 is 0 Å². The Morgan fingerprint density at radius 3 is 2.00 bits per heavy atom. The van der Waals surface area contributed by atoms with Gasteiger partial charge < -0.3 is 9.90 Å². The number of carbonyl (C=O) groups excluding carboxylic acids is 1. The van der Waals surface area contributed by atoms with Crippen molar-refractivity contribution >= 4 is 5.97 Å². The zero-order valence-electron chi connectivity index (χ0n) is 7.37. The number of rotatable bonds is 1. The molecule has 0 aliphatic heterocycles. The Kier molecular flexibility index (Phi) is 6.46. The van der Waals surface area contributed by atoms with Crippen LogP contribution in [0.1, 0.15) is 10.4 Å². The molecule has 0 unspecified atom stereocenters. The average molecular weight is 229 g/mol. The van der Waals surface area contributed by atoms with Crippen molar-refractivity contribution in [3.8, 4) is 0 Å². The predicted octanol–water partition coefficient (Wildman–Crippen LogP) is 1.17. The summed E-state index contributed by atoms with van der Waals surface area (Å²) in [6, 6.07) is 16.3. The van der Waals surface area contributed by atoms with E-state index in [4.69, 9.17) is 0 Å². The van der Waals surface area contributed by atoms with Crippen molar-refractivity contribution in [2.75, 3.05) is 0 Å². The minimum atomic E-state index is -1.12. The normalized spacial score (nSPS) is 8.00. The summed E-state index contributed by atoms with van der Waals surface area (Å²) in [6.07, 6.45) is 0. The number of hydrogen-bond acceptors (Lipinski definition) is 2. The monoisotopic (exact) mass is 229 g/mol. The van der Waals surface area contributed by atoms with Crippen LogP contribution in [0.25, 0.3) is 0 Å². The van der Waals surface area contributed by atoms with E-state index in [-0.39, 0.29) is 22.6 Å². The molecule has 2 aromatic rings. The second-order valence-electron chi connectivity index (χ2n) is 2.42. The first-order valence-electron chi connectivity index (χ1n) is 3.90. The van der Waals surface area contributed by atoms with Gasteiger partial charge in [0.15, 0.2) is 0 Å². The quantitative estimate of drug-likeness (QED) is 0.544. The molecular weight excluding hydrogens is 220 g/mol. The van der Waals surface area contributed by atoms with Crippen LogP contribution in [-0.2, 0) is 17.1 Å². The zero-order chi connectivity index (χ0) is 9.52. The van der Waals surface area contributed by atoms with E-state index in [0.717, 1.165) is 0 Å². The molecule has 0 N–H and O–H groups in total. The van der Waals surface area contributed by atoms with Gasteiger partial charge in [-0.3, -0.25) is 0 Å². The average Bonchev–Trinajstić information content (AvgIpc) is 2.82. The Morgan fingerprint density at radius 2 is 1.79 bits per heavy atom. The first-order chi connectivity index (χ1) is 6.30. The number of carboxylic acid groups (broad SMARTS) is 1. The molecule has 0 radical (unpaired) electrons. The van der Waals surface area contributed by atoms with Crippen molar-refractivity contribution in [1.82, 2.24) is 0 Å². The molecule has 0 saturated heterocycles.